The van der Waals surface area contributed by atoms with Gasteiger partial charge in [-0.05, 0) is 99.4 Å². The first-order valence-corrected chi connectivity index (χ1v) is 12.7. The molecule has 4 rings (SSSR count). The zero-order valence-corrected chi connectivity index (χ0v) is 18.0. The molecule has 1 fully saturated rings. The molecular formula is C22H26FNO3S2. The molecule has 2 aliphatic rings. The number of benzene rings is 1. The van der Waals surface area contributed by atoms with Gasteiger partial charge in [-0.3, -0.25) is 4.79 Å². The molecule has 0 bridgehead atoms. The molecule has 0 amide bonds. The zero-order chi connectivity index (χ0) is 20.4. The number of hydrogen-bond acceptors (Lipinski definition) is 5. The summed E-state index contributed by atoms with van der Waals surface area (Å²) in [6, 6.07) is 7.73. The third-order valence-electron chi connectivity index (χ3n) is 6.23. The van der Waals surface area contributed by atoms with Crippen molar-refractivity contribution >= 4 is 27.0 Å². The van der Waals surface area contributed by atoms with E-state index in [4.69, 9.17) is 0 Å². The van der Waals surface area contributed by atoms with Crippen LogP contribution in [0.25, 0.3) is 0 Å². The van der Waals surface area contributed by atoms with Gasteiger partial charge in [0.15, 0.2) is 15.6 Å². The number of aryl methyl sites for hydroxylation is 1. The van der Waals surface area contributed by atoms with Gasteiger partial charge in [-0.2, -0.15) is 0 Å². The Morgan fingerprint density at radius 3 is 2.55 bits per heavy atom. The average molecular weight is 436 g/mol. The van der Waals surface area contributed by atoms with Crippen LogP contribution in [-0.4, -0.2) is 44.0 Å². The van der Waals surface area contributed by atoms with Gasteiger partial charge >= 0.3 is 0 Å². The molecule has 1 aromatic carbocycles. The van der Waals surface area contributed by atoms with Crippen molar-refractivity contribution in [3.63, 3.8) is 0 Å². The van der Waals surface area contributed by atoms with E-state index in [2.05, 4.69) is 4.90 Å². The quantitative estimate of drug-likeness (QED) is 0.633. The largest absolute Gasteiger partial charge is 0.303 e. The third kappa shape index (κ3) is 4.47. The zero-order valence-electron chi connectivity index (χ0n) is 16.3. The lowest BCUT2D eigenvalue weighted by Gasteiger charge is -2.31. The smallest absolute Gasteiger partial charge is 0.190 e. The van der Waals surface area contributed by atoms with E-state index in [0.717, 1.165) is 57.3 Å². The van der Waals surface area contributed by atoms with Crippen molar-refractivity contribution in [1.82, 2.24) is 4.90 Å². The topological polar surface area (TPSA) is 54.5 Å². The molecule has 0 N–H and O–H groups in total. The molecule has 156 valence electrons. The van der Waals surface area contributed by atoms with E-state index >= 15 is 0 Å². The minimum absolute atomic E-state index is 0.00677. The van der Waals surface area contributed by atoms with Gasteiger partial charge < -0.3 is 4.90 Å². The van der Waals surface area contributed by atoms with Crippen LogP contribution in [0.4, 0.5) is 4.39 Å². The molecule has 0 radical (unpaired) electrons. The van der Waals surface area contributed by atoms with Crippen LogP contribution >= 0.6 is 11.3 Å². The van der Waals surface area contributed by atoms with E-state index in [0.29, 0.717) is 16.2 Å². The Bertz CT molecular complexity index is 960. The number of carbonyl (C=O) groups excluding carboxylic acids is 1. The summed E-state index contributed by atoms with van der Waals surface area (Å²) in [6.07, 6.45) is 4.75. The highest BCUT2D eigenvalue weighted by Gasteiger charge is 2.34. The van der Waals surface area contributed by atoms with Gasteiger partial charge in [-0.15, -0.1) is 11.3 Å². The molecule has 2 aliphatic heterocycles. The number of thiophene rings is 1. The first-order valence-electron chi connectivity index (χ1n) is 10.3. The summed E-state index contributed by atoms with van der Waals surface area (Å²) in [4.78, 5) is 14.9. The second kappa shape index (κ2) is 8.66. The highest BCUT2D eigenvalue weighted by molar-refractivity contribution is 7.94. The summed E-state index contributed by atoms with van der Waals surface area (Å²) >= 11 is 1.35. The summed E-state index contributed by atoms with van der Waals surface area (Å²) in [6.45, 7) is 2.58. The van der Waals surface area contributed by atoms with Crippen LogP contribution in [0.1, 0.15) is 48.0 Å². The van der Waals surface area contributed by atoms with Crippen molar-refractivity contribution < 1.29 is 17.6 Å². The van der Waals surface area contributed by atoms with E-state index < -0.39 is 9.84 Å². The van der Waals surface area contributed by atoms with Gasteiger partial charge in [0.05, 0.1) is 5.25 Å². The van der Waals surface area contributed by atoms with Crippen molar-refractivity contribution in [3.8, 4) is 0 Å². The number of halogens is 1. The maximum Gasteiger partial charge on any atom is 0.190 e. The van der Waals surface area contributed by atoms with Gasteiger partial charge in [0.25, 0.3) is 0 Å². The van der Waals surface area contributed by atoms with Crippen LogP contribution in [-0.2, 0) is 16.3 Å². The second-order valence-corrected chi connectivity index (χ2v) is 11.4. The molecule has 4 nitrogen and oxygen atoms in total. The van der Waals surface area contributed by atoms with Crippen molar-refractivity contribution in [2.75, 3.05) is 19.6 Å². The minimum atomic E-state index is -3.17. The van der Waals surface area contributed by atoms with E-state index in [1.54, 1.807) is 12.1 Å². The lowest BCUT2D eigenvalue weighted by Crippen LogP contribution is -2.37. The molecule has 1 aromatic heterocycles. The molecule has 1 unspecified atom stereocenters. The van der Waals surface area contributed by atoms with E-state index in [1.807, 2.05) is 11.4 Å². The molecule has 1 saturated heterocycles. The Kier molecular flexibility index (Phi) is 6.18. The fourth-order valence-corrected chi connectivity index (χ4v) is 8.02. The number of piperidine rings is 1. The van der Waals surface area contributed by atoms with Crippen LogP contribution in [0.5, 0.6) is 0 Å². The molecule has 1 atom stereocenters. The van der Waals surface area contributed by atoms with Crippen molar-refractivity contribution in [2.45, 2.75) is 48.0 Å². The van der Waals surface area contributed by atoms with E-state index in [1.165, 1.54) is 23.5 Å². The first kappa shape index (κ1) is 20.7. The lowest BCUT2D eigenvalue weighted by molar-refractivity contribution is 0.0839. The number of ketones is 1. The molecule has 0 spiro atoms. The van der Waals surface area contributed by atoms with Gasteiger partial charge in [-0.25, -0.2) is 12.8 Å². The fraction of sp³-hybridized carbons (Fsp3) is 0.500. The van der Waals surface area contributed by atoms with Crippen LogP contribution in [0, 0.1) is 11.7 Å². The van der Waals surface area contributed by atoms with Gasteiger partial charge in [-0.1, -0.05) is 0 Å². The standard InChI is InChI=1S/C22H26FNO3S2/c23-19-6-3-16(4-7-19)21(25)17-9-13-24(14-10-17)12-1-2-20-8-5-18-11-15-28-22(18)29(20,26)27/h3-4,6-7,11,15,17,20H,1-2,5,8-10,12-14H2. The maximum atomic E-state index is 13.0. The number of likely N-dealkylation sites (tertiary alicyclic amines) is 1. The molecular weight excluding hydrogens is 409 g/mol. The number of carbonyl (C=O) groups is 1. The normalized spacial score (nSPS) is 22.3. The summed E-state index contributed by atoms with van der Waals surface area (Å²) in [5, 5.41) is 1.62. The maximum absolute atomic E-state index is 13.0. The number of Topliss-reactive ketones (excluding diaryl/α,β-unsaturated/α-hetero) is 1. The Morgan fingerprint density at radius 1 is 1.10 bits per heavy atom. The van der Waals surface area contributed by atoms with E-state index in [-0.39, 0.29) is 22.8 Å². The monoisotopic (exact) mass is 435 g/mol. The summed E-state index contributed by atoms with van der Waals surface area (Å²) in [7, 11) is -3.17. The SMILES string of the molecule is O=C(c1ccc(F)cc1)C1CCN(CCCC2CCc3ccsc3S2(=O)=O)CC1. The fourth-order valence-electron chi connectivity index (χ4n) is 4.49. The number of hydrogen-bond donors (Lipinski definition) is 0. The van der Waals surface area contributed by atoms with Gasteiger partial charge in [0, 0.05) is 11.5 Å². The van der Waals surface area contributed by atoms with Crippen LogP contribution in [0.15, 0.2) is 39.9 Å². The van der Waals surface area contributed by atoms with Gasteiger partial charge in [0.1, 0.15) is 10.0 Å². The number of sulfone groups is 1. The van der Waals surface area contributed by atoms with Crippen LogP contribution in [0.2, 0.25) is 0 Å². The summed E-state index contributed by atoms with van der Waals surface area (Å²) in [5.41, 5.74) is 1.57. The predicted molar refractivity (Wildman–Crippen MR) is 113 cm³/mol. The Morgan fingerprint density at radius 2 is 1.83 bits per heavy atom. The average Bonchev–Trinajstić information content (AvgIpc) is 3.21. The van der Waals surface area contributed by atoms with E-state index in [9.17, 15) is 17.6 Å². The Hall–Kier alpha value is -1.57. The minimum Gasteiger partial charge on any atom is -0.303 e. The molecule has 0 aliphatic carbocycles. The summed E-state index contributed by atoms with van der Waals surface area (Å²) < 4.78 is 39.1. The van der Waals surface area contributed by atoms with Crippen molar-refractivity contribution in [1.29, 1.82) is 0 Å². The number of nitrogens with zero attached hydrogens (tertiary/aromatic N) is 1. The summed E-state index contributed by atoms with van der Waals surface area (Å²) in [5.74, 6) is -0.232. The highest BCUT2D eigenvalue weighted by Crippen LogP contribution is 2.35. The van der Waals surface area contributed by atoms with Crippen LogP contribution in [0.3, 0.4) is 0 Å². The molecule has 3 heterocycles. The Labute approximate surface area is 175 Å². The van der Waals surface area contributed by atoms with Crippen molar-refractivity contribution in [3.05, 3.63) is 52.7 Å². The molecule has 2 aromatic rings. The third-order valence-corrected chi connectivity index (χ3v) is 10.1. The number of rotatable bonds is 6. The Balaban J connectivity index is 1.24. The highest BCUT2D eigenvalue weighted by atomic mass is 32.2. The second-order valence-electron chi connectivity index (χ2n) is 8.07. The predicted octanol–water partition coefficient (Wildman–Crippen LogP) is 4.35. The van der Waals surface area contributed by atoms with Gasteiger partial charge in [0.2, 0.25) is 0 Å². The molecule has 29 heavy (non-hydrogen) atoms. The lowest BCUT2D eigenvalue weighted by atomic mass is 9.89. The molecule has 0 saturated carbocycles. The molecule has 7 heteroatoms. The number of fused-ring (bicyclic) bond motifs is 1. The van der Waals surface area contributed by atoms with Crippen molar-refractivity contribution in [2.24, 2.45) is 5.92 Å². The van der Waals surface area contributed by atoms with Crippen LogP contribution < -0.4 is 0 Å². The first-order chi connectivity index (χ1) is 13.9.